The zero-order valence-corrected chi connectivity index (χ0v) is 18.9. The summed E-state index contributed by atoms with van der Waals surface area (Å²) in [6.45, 7) is 4.89. The topological polar surface area (TPSA) is 79.4 Å². The van der Waals surface area contributed by atoms with Gasteiger partial charge in [0.15, 0.2) is 0 Å². The molecule has 0 spiro atoms. The number of hydrogen-bond donors (Lipinski definition) is 1. The average Bonchev–Trinajstić information content (AvgIpc) is 3.20. The first kappa shape index (κ1) is 21.3. The summed E-state index contributed by atoms with van der Waals surface area (Å²) < 4.78 is 27.4. The largest absolute Gasteiger partial charge is 0.324 e. The molecule has 0 aliphatic carbocycles. The number of hydrogen-bond acceptors (Lipinski definition) is 5. The van der Waals surface area contributed by atoms with Gasteiger partial charge in [0.05, 0.1) is 16.0 Å². The van der Waals surface area contributed by atoms with Crippen molar-refractivity contribution < 1.29 is 13.2 Å². The number of anilines is 1. The van der Waals surface area contributed by atoms with Gasteiger partial charge in [-0.05, 0) is 72.4 Å². The molecule has 28 heavy (non-hydrogen) atoms. The van der Waals surface area contributed by atoms with Gasteiger partial charge in [-0.25, -0.2) is 13.4 Å². The Morgan fingerprint density at radius 3 is 2.57 bits per heavy atom. The molecule has 1 unspecified atom stereocenters. The number of amides is 1. The van der Waals surface area contributed by atoms with Crippen LogP contribution in [0.3, 0.4) is 0 Å². The van der Waals surface area contributed by atoms with Crippen LogP contribution in [0, 0.1) is 6.92 Å². The lowest BCUT2D eigenvalue weighted by Gasteiger charge is -2.16. The average molecular weight is 484 g/mol. The first-order valence-corrected chi connectivity index (χ1v) is 12.1. The molecule has 1 aliphatic rings. The van der Waals surface area contributed by atoms with Gasteiger partial charge >= 0.3 is 0 Å². The van der Waals surface area contributed by atoms with Gasteiger partial charge in [-0.2, -0.15) is 4.31 Å². The smallest absolute Gasteiger partial charge is 0.244 e. The second-order valence-electron chi connectivity index (χ2n) is 6.68. The second-order valence-corrected chi connectivity index (χ2v) is 10.8. The van der Waals surface area contributed by atoms with Gasteiger partial charge in [0.1, 0.15) is 4.90 Å². The van der Waals surface area contributed by atoms with Crippen molar-refractivity contribution in [2.45, 2.75) is 41.9 Å². The zero-order valence-electron chi connectivity index (χ0n) is 15.7. The van der Waals surface area contributed by atoms with Crippen LogP contribution in [0.1, 0.15) is 25.3 Å². The molecule has 1 aromatic carbocycles. The van der Waals surface area contributed by atoms with Crippen molar-refractivity contribution in [2.24, 2.45) is 0 Å². The normalized spacial score (nSPS) is 16.1. The first-order chi connectivity index (χ1) is 13.3. The molecule has 0 radical (unpaired) electrons. The number of benzene rings is 1. The van der Waals surface area contributed by atoms with Gasteiger partial charge in [0.2, 0.25) is 15.9 Å². The molecule has 1 saturated heterocycles. The van der Waals surface area contributed by atoms with E-state index in [4.69, 9.17) is 0 Å². The van der Waals surface area contributed by atoms with E-state index < -0.39 is 10.0 Å². The third-order valence-corrected chi connectivity index (χ3v) is 8.05. The third-order valence-electron chi connectivity index (χ3n) is 4.46. The molecule has 1 fully saturated rings. The Hall–Kier alpha value is -1.42. The van der Waals surface area contributed by atoms with Crippen LogP contribution in [0.5, 0.6) is 0 Å². The van der Waals surface area contributed by atoms with E-state index in [2.05, 4.69) is 26.2 Å². The van der Waals surface area contributed by atoms with E-state index in [0.29, 0.717) is 23.8 Å². The summed E-state index contributed by atoms with van der Waals surface area (Å²) in [4.78, 5) is 16.9. The SMILES string of the molecule is Cc1ccc(NC(=O)C(C)Sc2ccc(S(=O)(=O)N3CCCC3)cn2)c(Br)c1. The van der Waals surface area contributed by atoms with Crippen LogP contribution >= 0.6 is 27.7 Å². The van der Waals surface area contributed by atoms with Gasteiger partial charge in [0, 0.05) is 23.8 Å². The number of aryl methyl sites for hydroxylation is 1. The molecule has 1 aliphatic heterocycles. The fourth-order valence-corrected chi connectivity index (χ4v) is 5.70. The summed E-state index contributed by atoms with van der Waals surface area (Å²) in [7, 11) is -3.47. The lowest BCUT2D eigenvalue weighted by molar-refractivity contribution is -0.115. The lowest BCUT2D eigenvalue weighted by atomic mass is 10.2. The molecule has 0 saturated carbocycles. The van der Waals surface area contributed by atoms with Crippen LogP contribution in [0.15, 0.2) is 50.9 Å². The Bertz CT molecular complexity index is 959. The molecule has 1 aromatic heterocycles. The fraction of sp³-hybridized carbons (Fsp3) is 0.368. The third kappa shape index (κ3) is 4.94. The van der Waals surface area contributed by atoms with Crippen LogP contribution in [-0.4, -0.2) is 42.0 Å². The van der Waals surface area contributed by atoms with Crippen LogP contribution in [0.2, 0.25) is 0 Å². The number of carbonyl (C=O) groups is 1. The number of nitrogens with one attached hydrogen (secondary N) is 1. The number of sulfonamides is 1. The zero-order chi connectivity index (χ0) is 20.3. The summed E-state index contributed by atoms with van der Waals surface area (Å²) in [5.41, 5.74) is 1.81. The van der Waals surface area contributed by atoms with Crippen LogP contribution in [-0.2, 0) is 14.8 Å². The summed E-state index contributed by atoms with van der Waals surface area (Å²) >= 11 is 4.74. The molecular weight excluding hydrogens is 462 g/mol. The predicted octanol–water partition coefficient (Wildman–Crippen LogP) is 4.06. The predicted molar refractivity (Wildman–Crippen MR) is 115 cm³/mol. The Balaban J connectivity index is 1.63. The van der Waals surface area contributed by atoms with E-state index in [0.717, 1.165) is 22.9 Å². The highest BCUT2D eigenvalue weighted by atomic mass is 79.9. The van der Waals surface area contributed by atoms with E-state index >= 15 is 0 Å². The Morgan fingerprint density at radius 1 is 1.25 bits per heavy atom. The van der Waals surface area contributed by atoms with E-state index in [1.807, 2.05) is 25.1 Å². The molecule has 6 nitrogen and oxygen atoms in total. The molecule has 2 heterocycles. The van der Waals surface area contributed by atoms with Gasteiger partial charge in [-0.15, -0.1) is 0 Å². The summed E-state index contributed by atoms with van der Waals surface area (Å²) in [5, 5.41) is 3.11. The molecule has 2 aromatic rings. The number of thioether (sulfide) groups is 1. The number of halogens is 1. The van der Waals surface area contributed by atoms with Gasteiger partial charge in [-0.1, -0.05) is 17.8 Å². The van der Waals surface area contributed by atoms with Crippen LogP contribution in [0.4, 0.5) is 5.69 Å². The van der Waals surface area contributed by atoms with Crippen LogP contribution in [0.25, 0.3) is 0 Å². The molecule has 3 rings (SSSR count). The van der Waals surface area contributed by atoms with Crippen molar-refractivity contribution in [2.75, 3.05) is 18.4 Å². The maximum absolute atomic E-state index is 12.5. The Kier molecular flexibility index (Phi) is 6.80. The number of rotatable bonds is 6. The van der Waals surface area contributed by atoms with Crippen molar-refractivity contribution in [3.63, 3.8) is 0 Å². The van der Waals surface area contributed by atoms with Gasteiger partial charge in [0.25, 0.3) is 0 Å². The maximum Gasteiger partial charge on any atom is 0.244 e. The fourth-order valence-electron chi connectivity index (χ4n) is 2.86. The second kappa shape index (κ2) is 8.94. The first-order valence-electron chi connectivity index (χ1n) is 8.97. The van der Waals surface area contributed by atoms with Crippen molar-refractivity contribution in [1.29, 1.82) is 0 Å². The monoisotopic (exact) mass is 483 g/mol. The molecule has 1 N–H and O–H groups in total. The molecule has 1 amide bonds. The number of carbonyl (C=O) groups excluding carboxylic acids is 1. The minimum absolute atomic E-state index is 0.148. The maximum atomic E-state index is 12.5. The van der Waals surface area contributed by atoms with E-state index in [-0.39, 0.29) is 16.1 Å². The highest BCUT2D eigenvalue weighted by Crippen LogP contribution is 2.27. The van der Waals surface area contributed by atoms with Gasteiger partial charge < -0.3 is 5.32 Å². The summed E-state index contributed by atoms with van der Waals surface area (Å²) in [6, 6.07) is 8.93. The van der Waals surface area contributed by atoms with E-state index in [1.54, 1.807) is 19.1 Å². The number of pyridine rings is 1. The molecule has 150 valence electrons. The molecular formula is C19H22BrN3O3S2. The summed E-state index contributed by atoms with van der Waals surface area (Å²) in [6.07, 6.45) is 3.16. The Morgan fingerprint density at radius 2 is 1.96 bits per heavy atom. The minimum Gasteiger partial charge on any atom is -0.324 e. The van der Waals surface area contributed by atoms with Crippen molar-refractivity contribution in [3.8, 4) is 0 Å². The molecule has 0 bridgehead atoms. The minimum atomic E-state index is -3.47. The Labute approximate surface area is 178 Å². The van der Waals surface area contributed by atoms with Crippen molar-refractivity contribution in [1.82, 2.24) is 9.29 Å². The quantitative estimate of drug-likeness (QED) is 0.626. The highest BCUT2D eigenvalue weighted by Gasteiger charge is 2.27. The van der Waals surface area contributed by atoms with Crippen molar-refractivity contribution in [3.05, 3.63) is 46.6 Å². The van der Waals surface area contributed by atoms with Crippen molar-refractivity contribution >= 4 is 49.3 Å². The van der Waals surface area contributed by atoms with Gasteiger partial charge in [-0.3, -0.25) is 4.79 Å². The number of aromatic nitrogens is 1. The van der Waals surface area contributed by atoms with E-state index in [1.165, 1.54) is 22.3 Å². The van der Waals surface area contributed by atoms with Crippen LogP contribution < -0.4 is 5.32 Å². The summed E-state index contributed by atoms with van der Waals surface area (Å²) in [5.74, 6) is -0.148. The molecule has 1 atom stereocenters. The number of nitrogens with zero attached hydrogens (tertiary/aromatic N) is 2. The molecule has 9 heteroatoms. The lowest BCUT2D eigenvalue weighted by Crippen LogP contribution is -2.28. The standard InChI is InChI=1S/C19H22BrN3O3S2/c1-13-5-7-17(16(20)11-13)22-19(24)14(2)27-18-8-6-15(12-21-18)28(25,26)23-9-3-4-10-23/h5-8,11-12,14H,3-4,9-10H2,1-2H3,(H,22,24). The highest BCUT2D eigenvalue weighted by molar-refractivity contribution is 9.10. The van der Waals surface area contributed by atoms with E-state index in [9.17, 15) is 13.2 Å².